The van der Waals surface area contributed by atoms with Gasteiger partial charge in [0.1, 0.15) is 12.4 Å². The number of nitrogens with zero attached hydrogens (tertiary/aromatic N) is 3. The van der Waals surface area contributed by atoms with Gasteiger partial charge in [0, 0.05) is 55.9 Å². The van der Waals surface area contributed by atoms with Gasteiger partial charge in [-0.05, 0) is 49.9 Å². The SMILES string of the molecule is COCC(=O)N1CCC(C)(C(=O)N2CCC[C@H](c3cccc(-c4ccccc4OC)n3)C2)CC1. The summed E-state index contributed by atoms with van der Waals surface area (Å²) in [6, 6.07) is 14.0. The fraction of sp³-hybridized carbons (Fsp3) is 0.519. The number of carbonyl (C=O) groups is 2. The fourth-order valence-corrected chi connectivity index (χ4v) is 5.15. The van der Waals surface area contributed by atoms with Gasteiger partial charge in [0.2, 0.25) is 11.8 Å². The molecule has 1 aromatic carbocycles. The maximum atomic E-state index is 13.6. The second kappa shape index (κ2) is 10.6. The van der Waals surface area contributed by atoms with E-state index in [9.17, 15) is 9.59 Å². The van der Waals surface area contributed by atoms with Gasteiger partial charge >= 0.3 is 0 Å². The van der Waals surface area contributed by atoms with Crippen LogP contribution in [0.2, 0.25) is 0 Å². The highest BCUT2D eigenvalue weighted by atomic mass is 16.5. The van der Waals surface area contributed by atoms with Crippen LogP contribution in [0.1, 0.15) is 44.2 Å². The Labute approximate surface area is 202 Å². The number of likely N-dealkylation sites (tertiary alicyclic amines) is 2. The molecular formula is C27H35N3O4. The molecule has 0 saturated carbocycles. The molecule has 0 bridgehead atoms. The van der Waals surface area contributed by atoms with Crippen molar-refractivity contribution in [3.05, 3.63) is 48.2 Å². The van der Waals surface area contributed by atoms with Crippen molar-refractivity contribution in [1.29, 1.82) is 0 Å². The molecule has 1 atom stereocenters. The molecular weight excluding hydrogens is 430 g/mol. The van der Waals surface area contributed by atoms with Crippen molar-refractivity contribution >= 4 is 11.8 Å². The third kappa shape index (κ3) is 5.09. The summed E-state index contributed by atoms with van der Waals surface area (Å²) in [6.07, 6.45) is 3.35. The minimum Gasteiger partial charge on any atom is -0.496 e. The zero-order chi connectivity index (χ0) is 24.1. The van der Waals surface area contributed by atoms with Crippen molar-refractivity contribution in [3.63, 3.8) is 0 Å². The van der Waals surface area contributed by atoms with Gasteiger partial charge < -0.3 is 19.3 Å². The minimum atomic E-state index is -0.432. The first-order valence-electron chi connectivity index (χ1n) is 12.1. The quantitative estimate of drug-likeness (QED) is 0.650. The van der Waals surface area contributed by atoms with Gasteiger partial charge in [-0.25, -0.2) is 0 Å². The van der Waals surface area contributed by atoms with E-state index in [1.165, 1.54) is 7.11 Å². The predicted octanol–water partition coefficient (Wildman–Crippen LogP) is 3.74. The maximum Gasteiger partial charge on any atom is 0.248 e. The summed E-state index contributed by atoms with van der Waals surface area (Å²) in [5, 5.41) is 0. The van der Waals surface area contributed by atoms with E-state index < -0.39 is 5.41 Å². The van der Waals surface area contributed by atoms with Crippen molar-refractivity contribution in [1.82, 2.24) is 14.8 Å². The number of methoxy groups -OCH3 is 2. The molecule has 182 valence electrons. The van der Waals surface area contributed by atoms with Crippen LogP contribution in [0.25, 0.3) is 11.3 Å². The number of rotatable bonds is 6. The number of para-hydroxylation sites is 1. The normalized spacial score (nSPS) is 20.1. The van der Waals surface area contributed by atoms with E-state index in [-0.39, 0.29) is 24.3 Å². The molecule has 2 aliphatic heterocycles. The summed E-state index contributed by atoms with van der Waals surface area (Å²) in [5.74, 6) is 1.21. The zero-order valence-corrected chi connectivity index (χ0v) is 20.5. The number of ether oxygens (including phenoxy) is 2. The topological polar surface area (TPSA) is 72.0 Å². The molecule has 0 N–H and O–H groups in total. The Morgan fingerprint density at radius 1 is 1.03 bits per heavy atom. The third-order valence-corrected chi connectivity index (χ3v) is 7.28. The Bertz CT molecular complexity index is 1020. The van der Waals surface area contributed by atoms with E-state index in [0.29, 0.717) is 32.5 Å². The summed E-state index contributed by atoms with van der Waals surface area (Å²) in [6.45, 7) is 4.82. The van der Waals surface area contributed by atoms with Gasteiger partial charge in [0.05, 0.1) is 12.8 Å². The molecule has 7 heteroatoms. The van der Waals surface area contributed by atoms with Crippen LogP contribution in [0.5, 0.6) is 5.75 Å². The van der Waals surface area contributed by atoms with Crippen LogP contribution in [0.4, 0.5) is 0 Å². The second-order valence-electron chi connectivity index (χ2n) is 9.61. The lowest BCUT2D eigenvalue weighted by atomic mass is 9.78. The zero-order valence-electron chi connectivity index (χ0n) is 20.5. The molecule has 0 aliphatic carbocycles. The molecule has 0 spiro atoms. The number of hydrogen-bond donors (Lipinski definition) is 0. The lowest BCUT2D eigenvalue weighted by molar-refractivity contribution is -0.149. The van der Waals surface area contributed by atoms with E-state index in [2.05, 4.69) is 13.0 Å². The number of piperidine rings is 2. The van der Waals surface area contributed by atoms with Gasteiger partial charge in [0.15, 0.2) is 0 Å². The van der Waals surface area contributed by atoms with Crippen LogP contribution < -0.4 is 4.74 Å². The number of pyridine rings is 1. The Kier molecular flexibility index (Phi) is 7.51. The largest absolute Gasteiger partial charge is 0.496 e. The van der Waals surface area contributed by atoms with Gasteiger partial charge in [-0.2, -0.15) is 0 Å². The van der Waals surface area contributed by atoms with Crippen LogP contribution in [-0.2, 0) is 14.3 Å². The van der Waals surface area contributed by atoms with E-state index in [1.54, 1.807) is 7.11 Å². The maximum absolute atomic E-state index is 13.6. The van der Waals surface area contributed by atoms with E-state index in [1.807, 2.05) is 46.2 Å². The van der Waals surface area contributed by atoms with Crippen molar-refractivity contribution in [2.75, 3.05) is 47.0 Å². The molecule has 2 fully saturated rings. The van der Waals surface area contributed by atoms with Crippen LogP contribution >= 0.6 is 0 Å². The molecule has 7 nitrogen and oxygen atoms in total. The number of carbonyl (C=O) groups excluding carboxylic acids is 2. The Morgan fingerprint density at radius 3 is 2.53 bits per heavy atom. The highest BCUT2D eigenvalue weighted by Gasteiger charge is 2.41. The van der Waals surface area contributed by atoms with Crippen molar-refractivity contribution in [2.24, 2.45) is 5.41 Å². The first kappa shape index (κ1) is 24.2. The van der Waals surface area contributed by atoms with Crippen LogP contribution in [0, 0.1) is 5.41 Å². The number of hydrogen-bond acceptors (Lipinski definition) is 5. The Hall–Kier alpha value is -2.93. The first-order chi connectivity index (χ1) is 16.4. The van der Waals surface area contributed by atoms with Gasteiger partial charge in [-0.15, -0.1) is 0 Å². The predicted molar refractivity (Wildman–Crippen MR) is 131 cm³/mol. The first-order valence-corrected chi connectivity index (χ1v) is 12.1. The number of benzene rings is 1. The number of amides is 2. The summed E-state index contributed by atoms with van der Waals surface area (Å²) in [7, 11) is 3.20. The molecule has 0 radical (unpaired) electrons. The van der Waals surface area contributed by atoms with Crippen molar-refractivity contribution < 1.29 is 19.1 Å². The third-order valence-electron chi connectivity index (χ3n) is 7.28. The smallest absolute Gasteiger partial charge is 0.248 e. The van der Waals surface area contributed by atoms with E-state index in [4.69, 9.17) is 14.5 Å². The Morgan fingerprint density at radius 2 is 1.79 bits per heavy atom. The van der Waals surface area contributed by atoms with Gasteiger partial charge in [-0.1, -0.05) is 25.1 Å². The van der Waals surface area contributed by atoms with Crippen molar-refractivity contribution in [3.8, 4) is 17.0 Å². The van der Waals surface area contributed by atoms with Gasteiger partial charge in [-0.3, -0.25) is 14.6 Å². The van der Waals surface area contributed by atoms with Crippen LogP contribution in [0.15, 0.2) is 42.5 Å². The average molecular weight is 466 g/mol. The Balaban J connectivity index is 1.45. The summed E-state index contributed by atoms with van der Waals surface area (Å²) >= 11 is 0. The lowest BCUT2D eigenvalue weighted by Gasteiger charge is -2.43. The average Bonchev–Trinajstić information content (AvgIpc) is 2.89. The van der Waals surface area contributed by atoms with E-state index in [0.717, 1.165) is 42.1 Å². The summed E-state index contributed by atoms with van der Waals surface area (Å²) < 4.78 is 10.5. The molecule has 2 aromatic rings. The van der Waals surface area contributed by atoms with Crippen LogP contribution in [-0.4, -0.2) is 73.6 Å². The molecule has 1 aromatic heterocycles. The fourth-order valence-electron chi connectivity index (χ4n) is 5.15. The molecule has 4 rings (SSSR count). The molecule has 2 amide bonds. The molecule has 0 unspecified atom stereocenters. The highest BCUT2D eigenvalue weighted by Crippen LogP contribution is 2.36. The lowest BCUT2D eigenvalue weighted by Crippen LogP contribution is -2.52. The summed E-state index contributed by atoms with van der Waals surface area (Å²) in [4.78, 5) is 34.5. The number of aromatic nitrogens is 1. The monoisotopic (exact) mass is 465 g/mol. The molecule has 2 saturated heterocycles. The summed E-state index contributed by atoms with van der Waals surface area (Å²) in [5.41, 5.74) is 2.45. The molecule has 2 aliphatic rings. The molecule has 3 heterocycles. The highest BCUT2D eigenvalue weighted by molar-refractivity contribution is 5.83. The minimum absolute atomic E-state index is 0.00367. The standard InChI is InChI=1S/C27H35N3O4/c1-27(13-16-29(17-14-27)25(31)19-33-2)26(32)30-15-7-8-20(18-30)22-10-6-11-23(28-22)21-9-4-5-12-24(21)34-3/h4-6,9-12,20H,7-8,13-19H2,1-3H3/t20-/m0/s1. The second-order valence-corrected chi connectivity index (χ2v) is 9.61. The van der Waals surface area contributed by atoms with Crippen molar-refractivity contribution in [2.45, 2.75) is 38.5 Å². The molecule has 34 heavy (non-hydrogen) atoms. The van der Waals surface area contributed by atoms with Gasteiger partial charge in [0.25, 0.3) is 0 Å². The van der Waals surface area contributed by atoms with Crippen LogP contribution in [0.3, 0.4) is 0 Å². The van der Waals surface area contributed by atoms with E-state index >= 15 is 0 Å².